The van der Waals surface area contributed by atoms with E-state index in [4.69, 9.17) is 0 Å². The first-order valence-electron chi connectivity index (χ1n) is 4.86. The third kappa shape index (κ3) is 7.98. The van der Waals surface area contributed by atoms with Crippen LogP contribution in [0, 0.1) is 0 Å². The summed E-state index contributed by atoms with van der Waals surface area (Å²) in [6.45, 7) is 1.03. The Morgan fingerprint density at radius 3 is 2.38 bits per heavy atom. The van der Waals surface area contributed by atoms with Gasteiger partial charge in [0.1, 0.15) is 0 Å². The van der Waals surface area contributed by atoms with Gasteiger partial charge in [0, 0.05) is 30.7 Å². The highest BCUT2D eigenvalue weighted by atomic mass is 32.2. The van der Waals surface area contributed by atoms with Gasteiger partial charge in [0.15, 0.2) is 0 Å². The van der Waals surface area contributed by atoms with Gasteiger partial charge in [-0.25, -0.2) is 0 Å². The van der Waals surface area contributed by atoms with Gasteiger partial charge in [-0.2, -0.15) is 0 Å². The van der Waals surface area contributed by atoms with Gasteiger partial charge in [-0.05, 0) is 29.3 Å². The van der Waals surface area contributed by atoms with Crippen LogP contribution in [-0.4, -0.2) is 24.0 Å². The largest absolute Gasteiger partial charge is 0.337 e. The predicted octanol–water partition coefficient (Wildman–Crippen LogP) is 1.66. The van der Waals surface area contributed by atoms with E-state index in [0.717, 1.165) is 18.1 Å². The van der Waals surface area contributed by atoms with Crippen molar-refractivity contribution in [2.45, 2.75) is 6.42 Å². The number of carbonyl (C=O) groups excluding carboxylic acids is 1. The molecule has 3 rings (SSSR count). The Labute approximate surface area is 109 Å². The zero-order valence-corrected chi connectivity index (χ0v) is 11.2. The molecule has 0 aromatic carbocycles. The highest BCUT2D eigenvalue weighted by Gasteiger charge is 2.06. The van der Waals surface area contributed by atoms with Crippen molar-refractivity contribution in [3.8, 4) is 0 Å². The Hall–Kier alpha value is -0.240. The summed E-state index contributed by atoms with van der Waals surface area (Å²) in [6, 6.07) is 0. The van der Waals surface area contributed by atoms with E-state index >= 15 is 0 Å². The van der Waals surface area contributed by atoms with Crippen molar-refractivity contribution in [3.05, 3.63) is 23.8 Å². The van der Waals surface area contributed by atoms with Gasteiger partial charge in [0.25, 0.3) is 0 Å². The van der Waals surface area contributed by atoms with Crippen LogP contribution < -0.4 is 14.2 Å². The van der Waals surface area contributed by atoms with Gasteiger partial charge in [-0.1, -0.05) is 24.1 Å². The van der Waals surface area contributed by atoms with Crippen LogP contribution in [0.25, 0.3) is 0 Å². The van der Waals surface area contributed by atoms with Gasteiger partial charge in [-0.15, -0.1) is 0 Å². The van der Waals surface area contributed by atoms with E-state index in [-0.39, 0.29) is 5.91 Å². The van der Waals surface area contributed by atoms with Gasteiger partial charge in [0.2, 0.25) is 5.91 Å². The molecule has 0 unspecified atom stereocenters. The highest BCUT2D eigenvalue weighted by Crippen LogP contribution is 2.04. The summed E-state index contributed by atoms with van der Waals surface area (Å²) < 4.78 is 8.58. The fourth-order valence-corrected chi connectivity index (χ4v) is 2.42. The lowest BCUT2D eigenvalue weighted by atomic mass is 10.5. The zero-order chi connectivity index (χ0) is 11.5. The van der Waals surface area contributed by atoms with Gasteiger partial charge < -0.3 is 9.44 Å². The maximum Gasteiger partial charge on any atom is 0.230 e. The molecule has 0 aromatic heterocycles. The molecule has 90 valence electrons. The van der Waals surface area contributed by atoms with Crippen LogP contribution in [0.3, 0.4) is 0 Å². The first kappa shape index (κ1) is 13.8. The van der Waals surface area contributed by atoms with Crippen LogP contribution in [0.2, 0.25) is 0 Å². The second-order valence-electron chi connectivity index (χ2n) is 2.79. The quantitative estimate of drug-likeness (QED) is 0.586. The monoisotopic (exact) mass is 277 g/mol. The van der Waals surface area contributed by atoms with E-state index in [2.05, 4.69) is 26.3 Å². The lowest BCUT2D eigenvalue weighted by molar-refractivity contribution is -0.118. The molecule has 4 nitrogen and oxygen atoms in total. The first-order chi connectivity index (χ1) is 7.89. The maximum absolute atomic E-state index is 10.1. The molecule has 0 aliphatic carbocycles. The van der Waals surface area contributed by atoms with E-state index in [9.17, 15) is 4.79 Å². The SMILES string of the molecule is C1=CNSC1.C1=CSNC1.O=C1CCSN1. The maximum atomic E-state index is 10.1. The molecule has 3 heterocycles. The summed E-state index contributed by atoms with van der Waals surface area (Å²) in [6.07, 6.45) is 6.82. The number of carbonyl (C=O) groups is 1. The number of nitrogens with one attached hydrogen (secondary N) is 3. The fraction of sp³-hybridized carbons (Fsp3) is 0.444. The van der Waals surface area contributed by atoms with Crippen molar-refractivity contribution < 1.29 is 4.79 Å². The van der Waals surface area contributed by atoms with Crippen LogP contribution >= 0.6 is 35.8 Å². The van der Waals surface area contributed by atoms with Crippen LogP contribution in [0.4, 0.5) is 0 Å². The minimum Gasteiger partial charge on any atom is -0.337 e. The molecule has 3 aliphatic heterocycles. The van der Waals surface area contributed by atoms with Crippen LogP contribution in [0.5, 0.6) is 0 Å². The summed E-state index contributed by atoms with van der Waals surface area (Å²) in [4.78, 5) is 10.1. The van der Waals surface area contributed by atoms with Crippen molar-refractivity contribution in [2.75, 3.05) is 18.1 Å². The lowest BCUT2D eigenvalue weighted by Crippen LogP contribution is -2.04. The first-order valence-corrected chi connectivity index (χ1v) is 7.71. The van der Waals surface area contributed by atoms with E-state index in [1.54, 1.807) is 23.9 Å². The molecule has 1 saturated heterocycles. The Balaban J connectivity index is 0.000000121. The minimum atomic E-state index is 0.167. The molecule has 7 heteroatoms. The van der Waals surface area contributed by atoms with Crippen LogP contribution in [0.1, 0.15) is 6.42 Å². The molecule has 0 atom stereocenters. The Bertz CT molecular complexity index is 222. The summed E-state index contributed by atoms with van der Waals surface area (Å²) in [5, 5.41) is 2.04. The average molecular weight is 277 g/mol. The van der Waals surface area contributed by atoms with E-state index in [0.29, 0.717) is 6.42 Å². The molecule has 3 N–H and O–H groups in total. The molecule has 0 aromatic rings. The average Bonchev–Trinajstić information content (AvgIpc) is 3.07. The van der Waals surface area contributed by atoms with Crippen LogP contribution in [0.15, 0.2) is 23.8 Å². The zero-order valence-electron chi connectivity index (χ0n) is 8.77. The lowest BCUT2D eigenvalue weighted by Gasteiger charge is -1.78. The number of hydrogen-bond acceptors (Lipinski definition) is 6. The molecule has 0 spiro atoms. The molecular formula is C9H15N3OS3. The summed E-state index contributed by atoms with van der Waals surface area (Å²) >= 11 is 4.84. The van der Waals surface area contributed by atoms with E-state index in [1.165, 1.54) is 11.9 Å². The normalized spacial score (nSPS) is 20.4. The smallest absolute Gasteiger partial charge is 0.230 e. The van der Waals surface area contributed by atoms with Crippen LogP contribution in [-0.2, 0) is 4.79 Å². The van der Waals surface area contributed by atoms with Crippen molar-refractivity contribution in [3.63, 3.8) is 0 Å². The minimum absolute atomic E-state index is 0.167. The second-order valence-corrected chi connectivity index (χ2v) is 5.35. The molecule has 1 fully saturated rings. The second kappa shape index (κ2) is 9.95. The topological polar surface area (TPSA) is 53.2 Å². The Kier molecular flexibility index (Phi) is 8.60. The van der Waals surface area contributed by atoms with Gasteiger partial charge in [0.05, 0.1) is 0 Å². The van der Waals surface area contributed by atoms with E-state index in [1.807, 2.05) is 11.6 Å². The molecule has 0 saturated carbocycles. The molecular weight excluding hydrogens is 262 g/mol. The molecule has 0 radical (unpaired) electrons. The van der Waals surface area contributed by atoms with E-state index < -0.39 is 0 Å². The number of hydrogen-bond donors (Lipinski definition) is 3. The summed E-state index contributed by atoms with van der Waals surface area (Å²) in [5.41, 5.74) is 0. The summed E-state index contributed by atoms with van der Waals surface area (Å²) in [5.74, 6) is 2.23. The van der Waals surface area contributed by atoms with Crippen molar-refractivity contribution >= 4 is 41.8 Å². The van der Waals surface area contributed by atoms with Crippen molar-refractivity contribution in [2.24, 2.45) is 0 Å². The Morgan fingerprint density at radius 2 is 2.19 bits per heavy atom. The van der Waals surface area contributed by atoms with Gasteiger partial charge in [-0.3, -0.25) is 9.52 Å². The molecule has 16 heavy (non-hydrogen) atoms. The predicted molar refractivity (Wildman–Crippen MR) is 74.7 cm³/mol. The molecule has 3 aliphatic rings. The summed E-state index contributed by atoms with van der Waals surface area (Å²) in [7, 11) is 0. The highest BCUT2D eigenvalue weighted by molar-refractivity contribution is 8.00. The van der Waals surface area contributed by atoms with Gasteiger partial charge >= 0.3 is 0 Å². The fourth-order valence-electron chi connectivity index (χ4n) is 0.807. The van der Waals surface area contributed by atoms with Crippen molar-refractivity contribution in [1.29, 1.82) is 0 Å². The number of amides is 1. The third-order valence-corrected chi connectivity index (χ3v) is 3.62. The Morgan fingerprint density at radius 1 is 1.25 bits per heavy atom. The molecule has 0 bridgehead atoms. The standard InChI is InChI=1S/C3H5NOS.2C3H5NS/c5-3-1-2-6-4-3;2*1-2-4-5-3-1/h1-2H2,(H,4,5);1,3-4H,2H2;1-2,4H,3H2. The molecule has 1 amide bonds. The third-order valence-electron chi connectivity index (χ3n) is 1.51. The number of rotatable bonds is 0. The van der Waals surface area contributed by atoms with Crippen molar-refractivity contribution in [1.82, 2.24) is 14.2 Å².